The number of benzene rings is 1. The Bertz CT molecular complexity index is 1080. The fourth-order valence-corrected chi connectivity index (χ4v) is 3.75. The van der Waals surface area contributed by atoms with Crippen molar-refractivity contribution < 1.29 is 4.74 Å². The van der Waals surface area contributed by atoms with Crippen molar-refractivity contribution in [3.8, 4) is 11.1 Å². The van der Waals surface area contributed by atoms with Crippen LogP contribution in [0.15, 0.2) is 49.1 Å². The molecular weight excluding hydrogens is 338 g/mol. The first kappa shape index (κ1) is 16.2. The number of pyridine rings is 1. The summed E-state index contributed by atoms with van der Waals surface area (Å²) in [6.45, 7) is 2.63. The molecule has 136 valence electrons. The lowest BCUT2D eigenvalue weighted by Crippen LogP contribution is -2.23. The number of aromatic amines is 1. The van der Waals surface area contributed by atoms with Crippen LogP contribution in [0.25, 0.3) is 33.1 Å². The van der Waals surface area contributed by atoms with Crippen molar-refractivity contribution in [1.82, 2.24) is 19.9 Å². The molecule has 0 bridgehead atoms. The van der Waals surface area contributed by atoms with Gasteiger partial charge in [0.1, 0.15) is 17.8 Å². The van der Waals surface area contributed by atoms with Crippen molar-refractivity contribution in [2.75, 3.05) is 25.1 Å². The Morgan fingerprint density at radius 2 is 2.00 bits per heavy atom. The van der Waals surface area contributed by atoms with Gasteiger partial charge in [-0.05, 0) is 48.6 Å². The molecule has 2 N–H and O–H groups in total. The Kier molecular flexibility index (Phi) is 4.18. The fourth-order valence-electron chi connectivity index (χ4n) is 3.75. The van der Waals surface area contributed by atoms with Crippen LogP contribution in [-0.4, -0.2) is 39.7 Å². The lowest BCUT2D eigenvalue weighted by Gasteiger charge is -2.22. The third-order valence-electron chi connectivity index (χ3n) is 5.30. The summed E-state index contributed by atoms with van der Waals surface area (Å²) in [5, 5.41) is 5.70. The van der Waals surface area contributed by atoms with E-state index in [9.17, 15) is 0 Å². The highest BCUT2D eigenvalue weighted by atomic mass is 16.5. The molecule has 5 rings (SSSR count). The van der Waals surface area contributed by atoms with Gasteiger partial charge < -0.3 is 15.0 Å². The molecule has 0 radical (unpaired) electrons. The van der Waals surface area contributed by atoms with Crippen LogP contribution in [0, 0.1) is 5.92 Å². The highest BCUT2D eigenvalue weighted by Crippen LogP contribution is 2.31. The molecule has 0 amide bonds. The molecule has 0 spiro atoms. The van der Waals surface area contributed by atoms with E-state index < -0.39 is 0 Å². The number of fused-ring (bicyclic) bond motifs is 2. The Balaban J connectivity index is 1.50. The van der Waals surface area contributed by atoms with E-state index in [0.717, 1.165) is 71.5 Å². The first-order valence-corrected chi connectivity index (χ1v) is 9.37. The van der Waals surface area contributed by atoms with Crippen molar-refractivity contribution in [3.05, 3.63) is 49.1 Å². The van der Waals surface area contributed by atoms with Crippen molar-refractivity contribution in [3.63, 3.8) is 0 Å². The average molecular weight is 359 g/mol. The maximum Gasteiger partial charge on any atom is 0.137 e. The van der Waals surface area contributed by atoms with Gasteiger partial charge in [0.2, 0.25) is 0 Å². The average Bonchev–Trinajstić information content (AvgIpc) is 3.17. The van der Waals surface area contributed by atoms with E-state index in [4.69, 9.17) is 4.74 Å². The maximum absolute atomic E-state index is 5.45. The predicted octanol–water partition coefficient (Wildman–Crippen LogP) is 4.01. The van der Waals surface area contributed by atoms with E-state index in [1.54, 1.807) is 12.5 Å². The highest BCUT2D eigenvalue weighted by molar-refractivity contribution is 5.98. The zero-order valence-electron chi connectivity index (χ0n) is 15.0. The molecule has 1 saturated heterocycles. The second-order valence-corrected chi connectivity index (χ2v) is 6.99. The summed E-state index contributed by atoms with van der Waals surface area (Å²) < 4.78 is 5.45. The van der Waals surface area contributed by atoms with Gasteiger partial charge in [0.05, 0.1) is 5.52 Å². The molecule has 1 aliphatic rings. The molecule has 4 aromatic rings. The molecule has 6 heteroatoms. The van der Waals surface area contributed by atoms with Crippen LogP contribution >= 0.6 is 0 Å². The smallest absolute Gasteiger partial charge is 0.137 e. The van der Waals surface area contributed by atoms with Crippen LogP contribution in [0.3, 0.4) is 0 Å². The van der Waals surface area contributed by atoms with E-state index in [-0.39, 0.29) is 0 Å². The van der Waals surface area contributed by atoms with E-state index in [0.29, 0.717) is 5.92 Å². The molecule has 0 unspecified atom stereocenters. The Morgan fingerprint density at radius 3 is 2.93 bits per heavy atom. The summed E-state index contributed by atoms with van der Waals surface area (Å²) in [7, 11) is 0. The van der Waals surface area contributed by atoms with Crippen LogP contribution in [-0.2, 0) is 4.74 Å². The van der Waals surface area contributed by atoms with Crippen LogP contribution in [0.4, 0.5) is 5.82 Å². The molecule has 0 atom stereocenters. The minimum atomic E-state index is 0.631. The van der Waals surface area contributed by atoms with Crippen LogP contribution in [0.2, 0.25) is 0 Å². The third kappa shape index (κ3) is 3.13. The Morgan fingerprint density at radius 1 is 1.07 bits per heavy atom. The number of aromatic nitrogens is 4. The number of H-pyrrole nitrogens is 1. The number of rotatable bonds is 4. The summed E-state index contributed by atoms with van der Waals surface area (Å²) in [6, 6.07) is 10.4. The zero-order chi connectivity index (χ0) is 18.1. The van der Waals surface area contributed by atoms with Crippen molar-refractivity contribution in [2.24, 2.45) is 5.92 Å². The molecule has 3 aromatic heterocycles. The summed E-state index contributed by atoms with van der Waals surface area (Å²) in [4.78, 5) is 16.6. The van der Waals surface area contributed by atoms with Gasteiger partial charge in [0, 0.05) is 48.5 Å². The molecule has 1 fully saturated rings. The predicted molar refractivity (Wildman–Crippen MR) is 107 cm³/mol. The van der Waals surface area contributed by atoms with Gasteiger partial charge in [-0.3, -0.25) is 0 Å². The normalized spacial score (nSPS) is 15.4. The molecule has 1 aromatic carbocycles. The molecule has 0 saturated carbocycles. The van der Waals surface area contributed by atoms with Gasteiger partial charge in [0.15, 0.2) is 0 Å². The van der Waals surface area contributed by atoms with E-state index in [1.807, 2.05) is 12.3 Å². The SMILES string of the molecule is c1cnc2[nH]cc(-c3ccc4ncnc(NCC5CCOCC5)c4c3)c2c1. The zero-order valence-corrected chi connectivity index (χ0v) is 15.0. The summed E-state index contributed by atoms with van der Waals surface area (Å²) in [5.41, 5.74) is 4.11. The number of nitrogens with one attached hydrogen (secondary N) is 2. The minimum Gasteiger partial charge on any atom is -0.381 e. The summed E-state index contributed by atoms with van der Waals surface area (Å²) >= 11 is 0. The molecule has 27 heavy (non-hydrogen) atoms. The molecule has 1 aliphatic heterocycles. The highest BCUT2D eigenvalue weighted by Gasteiger charge is 2.15. The monoisotopic (exact) mass is 359 g/mol. The van der Waals surface area contributed by atoms with Crippen LogP contribution in [0.5, 0.6) is 0 Å². The van der Waals surface area contributed by atoms with Crippen molar-refractivity contribution >= 4 is 27.8 Å². The van der Waals surface area contributed by atoms with Gasteiger partial charge >= 0.3 is 0 Å². The van der Waals surface area contributed by atoms with Crippen molar-refractivity contribution in [2.45, 2.75) is 12.8 Å². The molecule has 0 aliphatic carbocycles. The van der Waals surface area contributed by atoms with E-state index >= 15 is 0 Å². The summed E-state index contributed by atoms with van der Waals surface area (Å²) in [5.74, 6) is 1.53. The van der Waals surface area contributed by atoms with Gasteiger partial charge in [-0.2, -0.15) is 0 Å². The minimum absolute atomic E-state index is 0.631. The van der Waals surface area contributed by atoms with E-state index in [2.05, 4.69) is 49.5 Å². The van der Waals surface area contributed by atoms with Gasteiger partial charge in [0.25, 0.3) is 0 Å². The van der Waals surface area contributed by atoms with Crippen molar-refractivity contribution in [1.29, 1.82) is 0 Å². The van der Waals surface area contributed by atoms with Gasteiger partial charge in [-0.25, -0.2) is 15.0 Å². The standard InChI is InChI=1S/C21H21N5O/c1-2-16-18(12-24-20(16)22-7-1)15-3-4-19-17(10-15)21(26-13-25-19)23-11-14-5-8-27-9-6-14/h1-4,7,10,12-14H,5-6,8-9,11H2,(H,22,24)(H,23,25,26). The number of hydrogen-bond acceptors (Lipinski definition) is 5. The molecular formula is C21H21N5O. The fraction of sp³-hybridized carbons (Fsp3) is 0.286. The van der Waals surface area contributed by atoms with E-state index in [1.165, 1.54) is 0 Å². The quantitative estimate of drug-likeness (QED) is 0.576. The van der Waals surface area contributed by atoms with Gasteiger partial charge in [-0.15, -0.1) is 0 Å². The second kappa shape index (κ2) is 6.96. The van der Waals surface area contributed by atoms with Gasteiger partial charge in [-0.1, -0.05) is 6.07 Å². The second-order valence-electron chi connectivity index (χ2n) is 6.99. The number of ether oxygens (including phenoxy) is 1. The first-order chi connectivity index (χ1) is 13.4. The number of hydrogen-bond donors (Lipinski definition) is 2. The Labute approximate surface area is 157 Å². The Hall–Kier alpha value is -2.99. The molecule has 4 heterocycles. The largest absolute Gasteiger partial charge is 0.381 e. The lowest BCUT2D eigenvalue weighted by molar-refractivity contribution is 0.0699. The lowest BCUT2D eigenvalue weighted by atomic mass is 10.0. The van der Waals surface area contributed by atoms with Crippen LogP contribution in [0.1, 0.15) is 12.8 Å². The third-order valence-corrected chi connectivity index (χ3v) is 5.30. The number of nitrogens with zero attached hydrogens (tertiary/aromatic N) is 3. The first-order valence-electron chi connectivity index (χ1n) is 9.37. The van der Waals surface area contributed by atoms with Crippen LogP contribution < -0.4 is 5.32 Å². The topological polar surface area (TPSA) is 75.7 Å². The number of anilines is 1. The maximum atomic E-state index is 5.45. The molecule has 6 nitrogen and oxygen atoms in total. The summed E-state index contributed by atoms with van der Waals surface area (Å²) in [6.07, 6.45) is 7.64.